The molecule has 1 fully saturated rings. The van der Waals surface area contributed by atoms with Gasteiger partial charge >= 0.3 is 11.7 Å². The molecule has 0 amide bonds. The number of H-pyrrole nitrogens is 1. The monoisotopic (exact) mass is 240 g/mol. The summed E-state index contributed by atoms with van der Waals surface area (Å²) in [6, 6.07) is 0. The second-order valence-electron chi connectivity index (χ2n) is 3.89. The highest BCUT2D eigenvalue weighted by Gasteiger charge is 2.18. The molecule has 1 aliphatic heterocycles. The average Bonchev–Trinajstić information content (AvgIpc) is 2.74. The molecule has 0 aromatic carbocycles. The normalized spacial score (nSPS) is 19.4. The summed E-state index contributed by atoms with van der Waals surface area (Å²) in [5, 5.41) is 8.78. The van der Waals surface area contributed by atoms with Crippen LogP contribution in [0.1, 0.15) is 23.2 Å². The first kappa shape index (κ1) is 11.6. The molecule has 2 N–H and O–H groups in total. The van der Waals surface area contributed by atoms with Crippen molar-refractivity contribution < 1.29 is 14.6 Å². The Morgan fingerprint density at radius 3 is 2.94 bits per heavy atom. The molecule has 7 heteroatoms. The van der Waals surface area contributed by atoms with E-state index in [2.05, 4.69) is 0 Å². The molecule has 1 atom stereocenters. The zero-order valence-corrected chi connectivity index (χ0v) is 9.01. The fraction of sp³-hybridized carbons (Fsp3) is 0.500. The Labute approximate surface area is 95.7 Å². The van der Waals surface area contributed by atoms with Crippen molar-refractivity contribution in [2.45, 2.75) is 25.5 Å². The molecule has 1 aliphatic rings. The zero-order valence-electron chi connectivity index (χ0n) is 9.01. The van der Waals surface area contributed by atoms with Crippen molar-refractivity contribution in [3.05, 3.63) is 32.6 Å². The van der Waals surface area contributed by atoms with Crippen LogP contribution in [0.3, 0.4) is 0 Å². The highest BCUT2D eigenvalue weighted by Crippen LogP contribution is 2.12. The number of hydrogen-bond donors (Lipinski definition) is 2. The van der Waals surface area contributed by atoms with Crippen molar-refractivity contribution in [2.75, 3.05) is 6.61 Å². The van der Waals surface area contributed by atoms with Crippen molar-refractivity contribution in [1.82, 2.24) is 9.55 Å². The molecule has 92 valence electrons. The average molecular weight is 240 g/mol. The van der Waals surface area contributed by atoms with Gasteiger partial charge in [-0.3, -0.25) is 14.3 Å². The van der Waals surface area contributed by atoms with Gasteiger partial charge in [0, 0.05) is 12.8 Å². The number of aromatic nitrogens is 2. The van der Waals surface area contributed by atoms with Gasteiger partial charge in [-0.25, -0.2) is 9.59 Å². The predicted molar refractivity (Wildman–Crippen MR) is 57.3 cm³/mol. The van der Waals surface area contributed by atoms with Crippen LogP contribution in [0, 0.1) is 0 Å². The highest BCUT2D eigenvalue weighted by atomic mass is 16.5. The number of nitrogens with zero attached hydrogens (tertiary/aromatic N) is 1. The number of hydrogen-bond acceptors (Lipinski definition) is 4. The van der Waals surface area contributed by atoms with Crippen LogP contribution in [0.2, 0.25) is 0 Å². The first-order valence-corrected chi connectivity index (χ1v) is 5.26. The molecule has 2 rings (SSSR count). The Bertz CT molecular complexity index is 538. The summed E-state index contributed by atoms with van der Waals surface area (Å²) >= 11 is 0. The van der Waals surface area contributed by atoms with E-state index in [9.17, 15) is 14.4 Å². The zero-order chi connectivity index (χ0) is 12.4. The number of ether oxygens (including phenoxy) is 1. The summed E-state index contributed by atoms with van der Waals surface area (Å²) in [6.07, 6.45) is 2.72. The van der Waals surface area contributed by atoms with Gasteiger partial charge in [0.1, 0.15) is 5.56 Å². The van der Waals surface area contributed by atoms with E-state index in [1.165, 1.54) is 4.57 Å². The first-order valence-electron chi connectivity index (χ1n) is 5.26. The molecular weight excluding hydrogens is 228 g/mol. The number of aromatic amines is 1. The lowest BCUT2D eigenvalue weighted by molar-refractivity contribution is 0.0691. The van der Waals surface area contributed by atoms with Crippen LogP contribution in [0.15, 0.2) is 15.8 Å². The minimum Gasteiger partial charge on any atom is -0.477 e. The molecule has 0 bridgehead atoms. The van der Waals surface area contributed by atoms with Crippen LogP contribution in [0.5, 0.6) is 0 Å². The van der Waals surface area contributed by atoms with Crippen molar-refractivity contribution >= 4 is 5.97 Å². The lowest BCUT2D eigenvalue weighted by atomic mass is 10.2. The molecule has 1 saturated heterocycles. The number of carboxylic acids is 1. The van der Waals surface area contributed by atoms with Crippen molar-refractivity contribution in [2.24, 2.45) is 0 Å². The van der Waals surface area contributed by atoms with Gasteiger partial charge in [0.15, 0.2) is 0 Å². The molecule has 0 aliphatic carbocycles. The third-order valence-electron chi connectivity index (χ3n) is 2.67. The molecule has 0 radical (unpaired) electrons. The van der Waals surface area contributed by atoms with E-state index < -0.39 is 22.8 Å². The Kier molecular flexibility index (Phi) is 3.10. The lowest BCUT2D eigenvalue weighted by Crippen LogP contribution is -2.35. The van der Waals surface area contributed by atoms with E-state index in [-0.39, 0.29) is 12.6 Å². The maximum absolute atomic E-state index is 11.5. The summed E-state index contributed by atoms with van der Waals surface area (Å²) in [7, 11) is 0. The largest absolute Gasteiger partial charge is 0.477 e. The molecule has 7 nitrogen and oxygen atoms in total. The first-order chi connectivity index (χ1) is 8.08. The predicted octanol–water partition coefficient (Wildman–Crippen LogP) is -0.586. The second-order valence-corrected chi connectivity index (χ2v) is 3.89. The van der Waals surface area contributed by atoms with E-state index in [1.807, 2.05) is 4.98 Å². The Morgan fingerprint density at radius 1 is 1.59 bits per heavy atom. The summed E-state index contributed by atoms with van der Waals surface area (Å²) in [6.45, 7) is 0.907. The van der Waals surface area contributed by atoms with Gasteiger partial charge in [0.25, 0.3) is 5.56 Å². The third kappa shape index (κ3) is 2.44. The van der Waals surface area contributed by atoms with E-state index in [0.29, 0.717) is 6.61 Å². The smallest absolute Gasteiger partial charge is 0.342 e. The van der Waals surface area contributed by atoms with E-state index in [4.69, 9.17) is 9.84 Å². The fourth-order valence-corrected chi connectivity index (χ4v) is 1.81. The molecule has 0 spiro atoms. The Hall–Kier alpha value is -1.89. The van der Waals surface area contributed by atoms with Crippen LogP contribution >= 0.6 is 0 Å². The summed E-state index contributed by atoms with van der Waals surface area (Å²) in [4.78, 5) is 35.4. The Morgan fingerprint density at radius 2 is 2.35 bits per heavy atom. The maximum atomic E-state index is 11.5. The van der Waals surface area contributed by atoms with Crippen LogP contribution in [0.25, 0.3) is 0 Å². The van der Waals surface area contributed by atoms with Gasteiger partial charge in [-0.05, 0) is 12.8 Å². The van der Waals surface area contributed by atoms with Gasteiger partial charge in [-0.2, -0.15) is 0 Å². The van der Waals surface area contributed by atoms with E-state index in [0.717, 1.165) is 19.0 Å². The molecular formula is C10H12N2O5. The molecule has 2 heterocycles. The van der Waals surface area contributed by atoms with E-state index >= 15 is 0 Å². The lowest BCUT2D eigenvalue weighted by Gasteiger charge is -2.11. The van der Waals surface area contributed by atoms with Crippen molar-refractivity contribution in [3.8, 4) is 0 Å². The Balaban J connectivity index is 2.33. The van der Waals surface area contributed by atoms with E-state index in [1.54, 1.807) is 0 Å². The van der Waals surface area contributed by atoms with Gasteiger partial charge < -0.3 is 9.84 Å². The molecule has 1 aromatic rings. The molecule has 0 saturated carbocycles. The second kappa shape index (κ2) is 4.54. The van der Waals surface area contributed by atoms with Crippen LogP contribution in [-0.4, -0.2) is 33.3 Å². The molecule has 1 aromatic heterocycles. The maximum Gasteiger partial charge on any atom is 0.342 e. The topological polar surface area (TPSA) is 101 Å². The quantitative estimate of drug-likeness (QED) is 0.735. The minimum absolute atomic E-state index is 0.0970. The molecule has 17 heavy (non-hydrogen) atoms. The number of nitrogens with one attached hydrogen (secondary N) is 1. The van der Waals surface area contributed by atoms with Gasteiger partial charge in [-0.15, -0.1) is 0 Å². The standard InChI is InChI=1S/C10H12N2O5/c13-8-7(9(14)15)5-12(10(16)11-8)4-6-2-1-3-17-6/h5-6H,1-4H2,(H,14,15)(H,11,13,16). The van der Waals surface area contributed by atoms with Crippen LogP contribution < -0.4 is 11.2 Å². The van der Waals surface area contributed by atoms with Crippen LogP contribution in [0.4, 0.5) is 0 Å². The van der Waals surface area contributed by atoms with Gasteiger partial charge in [0.05, 0.1) is 12.6 Å². The minimum atomic E-state index is -1.35. The summed E-state index contributed by atoms with van der Waals surface area (Å²) in [5.41, 5.74) is -1.94. The van der Waals surface area contributed by atoms with Crippen molar-refractivity contribution in [3.63, 3.8) is 0 Å². The summed E-state index contributed by atoms with van der Waals surface area (Å²) < 4.78 is 6.51. The van der Waals surface area contributed by atoms with Crippen LogP contribution in [-0.2, 0) is 11.3 Å². The number of aromatic carboxylic acids is 1. The van der Waals surface area contributed by atoms with Gasteiger partial charge in [-0.1, -0.05) is 0 Å². The fourth-order valence-electron chi connectivity index (χ4n) is 1.81. The highest BCUT2D eigenvalue weighted by molar-refractivity contribution is 5.86. The number of carbonyl (C=O) groups is 1. The van der Waals surface area contributed by atoms with Gasteiger partial charge in [0.2, 0.25) is 0 Å². The SMILES string of the molecule is O=C(O)c1cn(CC2CCCO2)c(=O)[nH]c1=O. The number of carboxylic acid groups (broad SMARTS) is 1. The number of rotatable bonds is 3. The molecule has 1 unspecified atom stereocenters. The summed E-state index contributed by atoms with van der Waals surface area (Å²) in [5.74, 6) is -1.35. The van der Waals surface area contributed by atoms with Crippen molar-refractivity contribution in [1.29, 1.82) is 0 Å². The third-order valence-corrected chi connectivity index (χ3v) is 2.67.